The molecule has 1 radical (unpaired) electrons. The van der Waals surface area contributed by atoms with E-state index in [9.17, 15) is 0 Å². The van der Waals surface area contributed by atoms with E-state index in [0.29, 0.717) is 0 Å². The predicted octanol–water partition coefficient (Wildman–Crippen LogP) is 1.43. The SMILES string of the molecule is CCCc1[c]cno1. The summed E-state index contributed by atoms with van der Waals surface area (Å²) >= 11 is 0. The molecular weight excluding hydrogens is 102 g/mol. The predicted molar refractivity (Wildman–Crippen MR) is 29.3 cm³/mol. The molecule has 0 N–H and O–H groups in total. The Morgan fingerprint density at radius 1 is 1.88 bits per heavy atom. The molecule has 1 rings (SSSR count). The molecule has 0 aliphatic heterocycles. The molecular formula is C6H8NO. The molecule has 0 bridgehead atoms. The van der Waals surface area contributed by atoms with Gasteiger partial charge in [0, 0.05) is 12.5 Å². The highest BCUT2D eigenvalue weighted by molar-refractivity contribution is 4.89. The Balaban J connectivity index is 2.50. The van der Waals surface area contributed by atoms with Crippen molar-refractivity contribution in [2.24, 2.45) is 0 Å². The number of aryl methyl sites for hydroxylation is 1. The van der Waals surface area contributed by atoms with Gasteiger partial charge in [-0.1, -0.05) is 12.1 Å². The highest BCUT2D eigenvalue weighted by Crippen LogP contribution is 1.97. The average molecular weight is 110 g/mol. The monoisotopic (exact) mass is 110 g/mol. The van der Waals surface area contributed by atoms with E-state index in [1.165, 1.54) is 0 Å². The van der Waals surface area contributed by atoms with Crippen LogP contribution in [0.15, 0.2) is 10.7 Å². The molecule has 0 atom stereocenters. The van der Waals surface area contributed by atoms with E-state index in [1.54, 1.807) is 6.20 Å². The van der Waals surface area contributed by atoms with Crippen LogP contribution in [0.25, 0.3) is 0 Å². The Morgan fingerprint density at radius 3 is 3.25 bits per heavy atom. The van der Waals surface area contributed by atoms with Crippen LogP contribution in [0.3, 0.4) is 0 Å². The van der Waals surface area contributed by atoms with E-state index in [2.05, 4.69) is 18.1 Å². The van der Waals surface area contributed by atoms with Crippen molar-refractivity contribution in [2.45, 2.75) is 19.8 Å². The third-order valence-electron chi connectivity index (χ3n) is 0.918. The van der Waals surface area contributed by atoms with E-state index < -0.39 is 0 Å². The fraction of sp³-hybridized carbons (Fsp3) is 0.500. The zero-order chi connectivity index (χ0) is 5.82. The maximum atomic E-state index is 4.77. The van der Waals surface area contributed by atoms with Gasteiger partial charge in [-0.2, -0.15) is 0 Å². The molecule has 0 saturated carbocycles. The van der Waals surface area contributed by atoms with Crippen molar-refractivity contribution >= 4 is 0 Å². The van der Waals surface area contributed by atoms with Crippen molar-refractivity contribution in [3.63, 3.8) is 0 Å². The van der Waals surface area contributed by atoms with Gasteiger partial charge >= 0.3 is 0 Å². The van der Waals surface area contributed by atoms with Crippen LogP contribution < -0.4 is 0 Å². The van der Waals surface area contributed by atoms with Crippen LogP contribution in [0, 0.1) is 6.07 Å². The van der Waals surface area contributed by atoms with Gasteiger partial charge < -0.3 is 4.52 Å². The lowest BCUT2D eigenvalue weighted by atomic mass is 10.3. The molecule has 2 heteroatoms. The second-order valence-electron chi connectivity index (χ2n) is 1.64. The number of hydrogen-bond acceptors (Lipinski definition) is 2. The Hall–Kier alpha value is -0.790. The van der Waals surface area contributed by atoms with E-state index in [1.807, 2.05) is 0 Å². The van der Waals surface area contributed by atoms with E-state index in [4.69, 9.17) is 4.52 Å². The maximum Gasteiger partial charge on any atom is 0.144 e. The van der Waals surface area contributed by atoms with Gasteiger partial charge in [0.05, 0.1) is 6.20 Å². The second-order valence-corrected chi connectivity index (χ2v) is 1.64. The first-order valence-corrected chi connectivity index (χ1v) is 2.74. The lowest BCUT2D eigenvalue weighted by molar-refractivity contribution is 0.382. The molecule has 0 saturated heterocycles. The van der Waals surface area contributed by atoms with Crippen LogP contribution in [0.2, 0.25) is 0 Å². The lowest BCUT2D eigenvalue weighted by Gasteiger charge is -1.82. The first-order valence-electron chi connectivity index (χ1n) is 2.74. The molecule has 0 aliphatic carbocycles. The first-order chi connectivity index (χ1) is 3.93. The molecule has 0 amide bonds. The maximum absolute atomic E-state index is 4.77. The highest BCUT2D eigenvalue weighted by Gasteiger charge is 1.91. The minimum Gasteiger partial charge on any atom is -0.361 e. The van der Waals surface area contributed by atoms with Gasteiger partial charge in [0.25, 0.3) is 0 Å². The van der Waals surface area contributed by atoms with Crippen LogP contribution in [0.1, 0.15) is 19.1 Å². The Morgan fingerprint density at radius 2 is 2.75 bits per heavy atom. The summed E-state index contributed by atoms with van der Waals surface area (Å²) in [6.07, 6.45) is 3.58. The molecule has 43 valence electrons. The molecule has 8 heavy (non-hydrogen) atoms. The van der Waals surface area contributed by atoms with Gasteiger partial charge in [-0.25, -0.2) is 0 Å². The van der Waals surface area contributed by atoms with Crippen molar-refractivity contribution in [1.29, 1.82) is 0 Å². The van der Waals surface area contributed by atoms with Gasteiger partial charge in [-0.3, -0.25) is 0 Å². The smallest absolute Gasteiger partial charge is 0.144 e. The normalized spacial score (nSPS) is 9.62. The minimum absolute atomic E-state index is 0.854. The Kier molecular flexibility index (Phi) is 1.67. The fourth-order valence-corrected chi connectivity index (χ4v) is 0.560. The zero-order valence-corrected chi connectivity index (χ0v) is 4.85. The summed E-state index contributed by atoms with van der Waals surface area (Å²) in [6, 6.07) is 2.86. The second kappa shape index (κ2) is 2.50. The van der Waals surface area contributed by atoms with E-state index in [0.717, 1.165) is 18.6 Å². The zero-order valence-electron chi connectivity index (χ0n) is 4.85. The molecule has 1 aromatic heterocycles. The van der Waals surface area contributed by atoms with Crippen molar-refractivity contribution in [3.8, 4) is 0 Å². The summed E-state index contributed by atoms with van der Waals surface area (Å²) < 4.78 is 4.77. The number of rotatable bonds is 2. The number of aromatic nitrogens is 1. The first kappa shape index (κ1) is 5.35. The van der Waals surface area contributed by atoms with Crippen LogP contribution in [-0.4, -0.2) is 5.16 Å². The third-order valence-corrected chi connectivity index (χ3v) is 0.918. The summed E-state index contributed by atoms with van der Waals surface area (Å²) in [5.41, 5.74) is 0. The Bertz CT molecular complexity index is 134. The van der Waals surface area contributed by atoms with Gasteiger partial charge in [-0.05, 0) is 6.42 Å². The average Bonchev–Trinajstić information content (AvgIpc) is 2.19. The topological polar surface area (TPSA) is 26.0 Å². The molecule has 2 nitrogen and oxygen atoms in total. The van der Waals surface area contributed by atoms with Gasteiger partial charge in [0.1, 0.15) is 5.76 Å². The molecule has 1 heterocycles. The van der Waals surface area contributed by atoms with Crippen LogP contribution in [0.5, 0.6) is 0 Å². The van der Waals surface area contributed by atoms with Crippen molar-refractivity contribution < 1.29 is 4.52 Å². The van der Waals surface area contributed by atoms with Crippen LogP contribution >= 0.6 is 0 Å². The van der Waals surface area contributed by atoms with Gasteiger partial charge in [0.15, 0.2) is 0 Å². The minimum atomic E-state index is 0.854. The molecule has 0 aromatic carbocycles. The molecule has 1 aromatic rings. The number of nitrogens with zero attached hydrogens (tertiary/aromatic N) is 1. The molecule has 0 fully saturated rings. The summed E-state index contributed by atoms with van der Waals surface area (Å²) in [6.45, 7) is 2.09. The molecule has 0 spiro atoms. The fourth-order valence-electron chi connectivity index (χ4n) is 0.560. The quantitative estimate of drug-likeness (QED) is 0.575. The van der Waals surface area contributed by atoms with E-state index >= 15 is 0 Å². The Labute approximate surface area is 48.5 Å². The molecule has 0 aliphatic rings. The van der Waals surface area contributed by atoms with Gasteiger partial charge in [-0.15, -0.1) is 0 Å². The van der Waals surface area contributed by atoms with E-state index in [-0.39, 0.29) is 0 Å². The van der Waals surface area contributed by atoms with Crippen molar-refractivity contribution in [3.05, 3.63) is 18.0 Å². The van der Waals surface area contributed by atoms with Crippen LogP contribution in [0.4, 0.5) is 0 Å². The third kappa shape index (κ3) is 1.09. The van der Waals surface area contributed by atoms with Gasteiger partial charge in [0.2, 0.25) is 0 Å². The lowest BCUT2D eigenvalue weighted by Crippen LogP contribution is -1.75. The van der Waals surface area contributed by atoms with Crippen LogP contribution in [-0.2, 0) is 6.42 Å². The summed E-state index contributed by atoms with van der Waals surface area (Å²) in [4.78, 5) is 0. The molecule has 0 unspecified atom stereocenters. The summed E-state index contributed by atoms with van der Waals surface area (Å²) in [7, 11) is 0. The standard InChI is InChI=1S/C6H8NO/c1-2-3-6-4-5-7-8-6/h5H,2-3H2,1H3. The largest absolute Gasteiger partial charge is 0.361 e. The number of hydrogen-bond donors (Lipinski definition) is 0. The highest BCUT2D eigenvalue weighted by atomic mass is 16.5. The summed E-state index contributed by atoms with van der Waals surface area (Å²) in [5.74, 6) is 0.854. The van der Waals surface area contributed by atoms with Crippen molar-refractivity contribution in [1.82, 2.24) is 5.16 Å². The van der Waals surface area contributed by atoms with Crippen molar-refractivity contribution in [2.75, 3.05) is 0 Å². The summed E-state index contributed by atoms with van der Waals surface area (Å²) in [5, 5.41) is 3.51.